The van der Waals surface area contributed by atoms with Crippen molar-refractivity contribution < 1.29 is 19.8 Å². The van der Waals surface area contributed by atoms with Crippen molar-refractivity contribution in [2.45, 2.75) is 0 Å². The number of rotatable bonds is 0. The van der Waals surface area contributed by atoms with Gasteiger partial charge in [0.05, 0.1) is 0 Å². The summed E-state index contributed by atoms with van der Waals surface area (Å²) in [7, 11) is 0. The molecule has 0 aliphatic carbocycles. The Kier molecular flexibility index (Phi) is 8.04. The van der Waals surface area contributed by atoms with Gasteiger partial charge < -0.3 is 19.8 Å². The average Bonchev–Trinajstić information content (AvgIpc) is 1.61. The third-order valence-electron chi connectivity index (χ3n) is 0.213. The van der Waals surface area contributed by atoms with Crippen molar-refractivity contribution in [3.05, 3.63) is 0 Å². The molecule has 0 unspecified atom stereocenters. The van der Waals surface area contributed by atoms with E-state index in [9.17, 15) is 19.8 Å². The van der Waals surface area contributed by atoms with Crippen LogP contribution in [0, 0.1) is 0 Å². The smallest absolute Gasteiger partial charge is 0.527 e. The van der Waals surface area contributed by atoms with Crippen LogP contribution in [0.15, 0.2) is 10.2 Å². The molecule has 0 atom stereocenters. The number of carbonyl (C=O) groups excluding carboxylic acids is 2. The minimum absolute atomic E-state index is 0. The van der Waals surface area contributed by atoms with Crippen molar-refractivity contribution in [2.75, 3.05) is 0 Å². The SMILES string of the molecule is O=C([O-])/N=N/C(=O)[O-].[Sr+2]. The summed E-state index contributed by atoms with van der Waals surface area (Å²) >= 11 is 0. The van der Waals surface area contributed by atoms with Gasteiger partial charge in [0.15, 0.2) is 12.2 Å². The third kappa shape index (κ3) is 11.5. The quantitative estimate of drug-likeness (QED) is 0.327. The van der Waals surface area contributed by atoms with E-state index >= 15 is 0 Å². The van der Waals surface area contributed by atoms with E-state index in [-0.39, 0.29) is 45.5 Å². The van der Waals surface area contributed by atoms with Gasteiger partial charge in [-0.1, -0.05) is 0 Å². The zero-order valence-electron chi connectivity index (χ0n) is 4.23. The summed E-state index contributed by atoms with van der Waals surface area (Å²) in [6.45, 7) is 0. The van der Waals surface area contributed by atoms with E-state index in [4.69, 9.17) is 0 Å². The number of hydrogen-bond acceptors (Lipinski definition) is 4. The van der Waals surface area contributed by atoms with Gasteiger partial charge in [-0.25, -0.2) is 0 Å². The van der Waals surface area contributed by atoms with Crippen molar-refractivity contribution in [3.8, 4) is 0 Å². The van der Waals surface area contributed by atoms with Gasteiger partial charge in [-0.05, 0) is 0 Å². The molecule has 0 aromatic heterocycles. The molecule has 0 aliphatic rings. The van der Waals surface area contributed by atoms with Crippen LogP contribution < -0.4 is 10.2 Å². The summed E-state index contributed by atoms with van der Waals surface area (Å²) in [5.74, 6) is 0. The van der Waals surface area contributed by atoms with Gasteiger partial charge in [0, 0.05) is 0 Å². The molecule has 0 radical (unpaired) electrons. The minimum Gasteiger partial charge on any atom is -0.527 e. The molecular formula is C2N2O4Sr. The number of hydrogen-bond donors (Lipinski definition) is 0. The van der Waals surface area contributed by atoms with Crippen LogP contribution in [0.1, 0.15) is 0 Å². The molecule has 0 spiro atoms. The van der Waals surface area contributed by atoms with Crippen LogP contribution in [0.5, 0.6) is 0 Å². The largest absolute Gasteiger partial charge is 2.00 e. The minimum atomic E-state index is -1.91. The van der Waals surface area contributed by atoms with Gasteiger partial charge in [0.25, 0.3) is 0 Å². The first-order valence-electron chi connectivity index (χ1n) is 1.46. The van der Waals surface area contributed by atoms with Gasteiger partial charge in [-0.3, -0.25) is 0 Å². The fourth-order valence-electron chi connectivity index (χ4n) is 0.0816. The van der Waals surface area contributed by atoms with Gasteiger partial charge in [0.1, 0.15) is 0 Å². The predicted molar refractivity (Wildman–Crippen MR) is 21.4 cm³/mol. The normalized spacial score (nSPS) is 8.44. The summed E-state index contributed by atoms with van der Waals surface area (Å²) in [6.07, 6.45) is -3.82. The fourth-order valence-corrected chi connectivity index (χ4v) is 0.0816. The van der Waals surface area contributed by atoms with Gasteiger partial charge >= 0.3 is 45.5 Å². The van der Waals surface area contributed by atoms with Crippen molar-refractivity contribution in [3.63, 3.8) is 0 Å². The molecule has 2 amide bonds. The first-order valence-corrected chi connectivity index (χ1v) is 1.46. The Balaban J connectivity index is 0. The molecule has 0 heterocycles. The predicted octanol–water partition coefficient (Wildman–Crippen LogP) is -2.26. The summed E-state index contributed by atoms with van der Waals surface area (Å²) in [4.78, 5) is 18.5. The molecule has 0 aliphatic heterocycles. The molecule has 44 valence electrons. The Morgan fingerprint density at radius 2 is 1.22 bits per heavy atom. The second-order valence-corrected chi connectivity index (χ2v) is 0.732. The van der Waals surface area contributed by atoms with Crippen LogP contribution in [-0.2, 0) is 0 Å². The fraction of sp³-hybridized carbons (Fsp3) is 0. The number of amides is 2. The standard InChI is InChI=1S/C2H2N2O4.Sr/c5-1(6)3-4-2(7)8;/h(H,5,6)(H,7,8);/q;+2/p-2/b4-3+;. The second-order valence-electron chi connectivity index (χ2n) is 0.732. The molecule has 0 saturated carbocycles. The molecule has 0 fully saturated rings. The zero-order chi connectivity index (χ0) is 6.57. The van der Waals surface area contributed by atoms with E-state index in [0.29, 0.717) is 0 Å². The maximum Gasteiger partial charge on any atom is 2.00 e. The molecule has 0 aromatic carbocycles. The topological polar surface area (TPSA) is 105 Å². The molecule has 0 saturated heterocycles. The van der Waals surface area contributed by atoms with E-state index in [1.807, 2.05) is 0 Å². The van der Waals surface area contributed by atoms with Crippen molar-refractivity contribution in [2.24, 2.45) is 10.2 Å². The molecule has 0 N–H and O–H groups in total. The Morgan fingerprint density at radius 3 is 1.33 bits per heavy atom. The van der Waals surface area contributed by atoms with E-state index < -0.39 is 12.2 Å². The van der Waals surface area contributed by atoms with E-state index in [1.54, 1.807) is 0 Å². The van der Waals surface area contributed by atoms with Crippen molar-refractivity contribution in [1.82, 2.24) is 0 Å². The Hall–Kier alpha value is 0.0205. The Morgan fingerprint density at radius 1 is 1.00 bits per heavy atom. The molecule has 6 nitrogen and oxygen atoms in total. The van der Waals surface area contributed by atoms with Crippen molar-refractivity contribution in [1.29, 1.82) is 0 Å². The number of carbonyl (C=O) groups is 2. The van der Waals surface area contributed by atoms with Crippen LogP contribution in [0.25, 0.3) is 0 Å². The van der Waals surface area contributed by atoms with Crippen LogP contribution in [0.3, 0.4) is 0 Å². The molecule has 9 heavy (non-hydrogen) atoms. The summed E-state index contributed by atoms with van der Waals surface area (Å²) in [5, 5.41) is 22.7. The molecular weight excluding hydrogens is 204 g/mol. The number of nitrogens with zero attached hydrogens (tertiary/aromatic N) is 2. The van der Waals surface area contributed by atoms with E-state index in [0.717, 1.165) is 0 Å². The number of carboxylic acid groups (broad SMARTS) is 2. The third-order valence-corrected chi connectivity index (χ3v) is 0.213. The van der Waals surface area contributed by atoms with Crippen molar-refractivity contribution >= 4 is 57.7 Å². The van der Waals surface area contributed by atoms with Crippen LogP contribution in [0.2, 0.25) is 0 Å². The summed E-state index contributed by atoms with van der Waals surface area (Å²) in [5.41, 5.74) is 0. The second kappa shape index (κ2) is 6.15. The summed E-state index contributed by atoms with van der Waals surface area (Å²) < 4.78 is 0. The molecule has 0 bridgehead atoms. The van der Waals surface area contributed by atoms with E-state index in [1.165, 1.54) is 0 Å². The van der Waals surface area contributed by atoms with Crippen LogP contribution >= 0.6 is 0 Å². The first kappa shape index (κ1) is 11.8. The average molecular weight is 204 g/mol. The van der Waals surface area contributed by atoms with E-state index in [2.05, 4.69) is 10.2 Å². The van der Waals surface area contributed by atoms with Crippen LogP contribution in [0.4, 0.5) is 9.59 Å². The maximum atomic E-state index is 9.24. The van der Waals surface area contributed by atoms with Gasteiger partial charge in [0.2, 0.25) is 0 Å². The number of azo groups is 1. The summed E-state index contributed by atoms with van der Waals surface area (Å²) in [6, 6.07) is 0. The Bertz CT molecular complexity index is 128. The molecule has 7 heteroatoms. The first-order chi connectivity index (χ1) is 3.63. The molecule has 0 aromatic rings. The van der Waals surface area contributed by atoms with Crippen LogP contribution in [-0.4, -0.2) is 57.7 Å². The van der Waals surface area contributed by atoms with Gasteiger partial charge in [-0.15, -0.1) is 10.2 Å². The Labute approximate surface area is 86.9 Å². The monoisotopic (exact) mass is 204 g/mol. The molecule has 0 rings (SSSR count). The maximum absolute atomic E-state index is 9.24. The zero-order valence-corrected chi connectivity index (χ0v) is 7.71. The van der Waals surface area contributed by atoms with Gasteiger partial charge in [-0.2, -0.15) is 0 Å².